The van der Waals surface area contributed by atoms with E-state index < -0.39 is 0 Å². The van der Waals surface area contributed by atoms with Gasteiger partial charge in [-0.3, -0.25) is 0 Å². The van der Waals surface area contributed by atoms with Gasteiger partial charge in [0.05, 0.1) is 9.46 Å². The molecular formula is C12H22Br2O2Si. The minimum atomic E-state index is -0.317. The van der Waals surface area contributed by atoms with Crippen molar-refractivity contribution >= 4 is 48.1 Å². The van der Waals surface area contributed by atoms with Gasteiger partial charge in [0.25, 0.3) is 0 Å². The lowest BCUT2D eigenvalue weighted by Gasteiger charge is -2.13. The molecule has 2 nitrogen and oxygen atoms in total. The highest BCUT2D eigenvalue weighted by molar-refractivity contribution is 9.26. The van der Waals surface area contributed by atoms with E-state index in [1.807, 2.05) is 0 Å². The molecule has 0 aromatic heterocycles. The Morgan fingerprint density at radius 2 is 1.71 bits per heavy atom. The number of halogens is 2. The van der Waals surface area contributed by atoms with E-state index in [4.69, 9.17) is 4.74 Å². The van der Waals surface area contributed by atoms with E-state index in [-0.39, 0.29) is 8.83 Å². The molecule has 0 amide bonds. The van der Waals surface area contributed by atoms with E-state index in [9.17, 15) is 4.79 Å². The molecule has 0 spiro atoms. The summed E-state index contributed by atoms with van der Waals surface area (Å²) in [5.41, 5.74) is 0. The Labute approximate surface area is 124 Å². The molecule has 0 radical (unpaired) electrons. The fourth-order valence-electron chi connectivity index (χ4n) is 1.48. The predicted molar refractivity (Wildman–Crippen MR) is 84.0 cm³/mol. The fraction of sp³-hybridized carbons (Fsp3) is 0.750. The molecule has 0 rings (SSSR count). The van der Waals surface area contributed by atoms with Gasteiger partial charge < -0.3 is 4.74 Å². The number of hydrogen-bond acceptors (Lipinski definition) is 2. The zero-order chi connectivity index (χ0) is 13.1. The molecule has 0 N–H and O–H groups in total. The van der Waals surface area contributed by atoms with Crippen LogP contribution in [0, 0.1) is 0 Å². The highest BCUT2D eigenvalue weighted by Crippen LogP contribution is 2.28. The van der Waals surface area contributed by atoms with Crippen molar-refractivity contribution in [3.8, 4) is 0 Å². The molecule has 0 heterocycles. The minimum Gasteiger partial charge on any atom is -0.463 e. The lowest BCUT2D eigenvalue weighted by atomic mass is 10.1. The second kappa shape index (κ2) is 10.3. The van der Waals surface area contributed by atoms with E-state index in [1.54, 1.807) is 0 Å². The molecule has 0 atom stereocenters. The van der Waals surface area contributed by atoms with Gasteiger partial charge in [-0.25, -0.2) is 4.79 Å². The summed E-state index contributed by atoms with van der Waals surface area (Å²) in [4.78, 5) is 10.7. The van der Waals surface area contributed by atoms with Gasteiger partial charge in [-0.15, -0.1) is 0 Å². The molecule has 0 aromatic rings. The SMILES string of the molecule is C=CC(=O)OCCCCCCCCC([SiH3])(Br)Br. The van der Waals surface area contributed by atoms with Crippen LogP contribution < -0.4 is 0 Å². The first kappa shape index (κ1) is 17.4. The Hall–Kier alpha value is 0.387. The zero-order valence-corrected chi connectivity index (χ0v) is 15.7. The molecule has 0 fully saturated rings. The largest absolute Gasteiger partial charge is 0.463 e. The Morgan fingerprint density at radius 3 is 2.24 bits per heavy atom. The van der Waals surface area contributed by atoms with Gasteiger partial charge in [0.2, 0.25) is 0 Å². The number of esters is 1. The van der Waals surface area contributed by atoms with E-state index >= 15 is 0 Å². The molecule has 0 saturated carbocycles. The lowest BCUT2D eigenvalue weighted by Crippen LogP contribution is -2.09. The van der Waals surface area contributed by atoms with E-state index in [0.717, 1.165) is 23.1 Å². The van der Waals surface area contributed by atoms with Crippen molar-refractivity contribution < 1.29 is 9.53 Å². The second-order valence-corrected chi connectivity index (χ2v) is 13.5. The Morgan fingerprint density at radius 1 is 1.18 bits per heavy atom. The van der Waals surface area contributed by atoms with E-state index in [2.05, 4.69) is 38.4 Å². The first-order valence-corrected chi connectivity index (χ1v) is 8.71. The molecule has 0 unspecified atom stereocenters. The maximum absolute atomic E-state index is 10.7. The number of carbonyl (C=O) groups is 1. The average molecular weight is 386 g/mol. The maximum atomic E-state index is 10.7. The third-order valence-electron chi connectivity index (χ3n) is 2.42. The molecule has 0 aromatic carbocycles. The molecule has 0 aliphatic rings. The Balaban J connectivity index is 3.14. The normalized spacial score (nSPS) is 11.4. The van der Waals surface area contributed by atoms with Crippen LogP contribution in [0.1, 0.15) is 44.9 Å². The standard InChI is InChI=1S/C12H22Br2O2Si/c1-2-11(15)16-10-8-6-4-3-5-7-9-12(13,14)17/h2H,1,3-10H2,17H3. The van der Waals surface area contributed by atoms with Crippen LogP contribution in [-0.4, -0.2) is 25.7 Å². The summed E-state index contributed by atoms with van der Waals surface area (Å²) in [5, 5.41) is 0. The van der Waals surface area contributed by atoms with Crippen LogP contribution in [0.2, 0.25) is 0 Å². The monoisotopic (exact) mass is 384 g/mol. The molecule has 0 bridgehead atoms. The summed E-state index contributed by atoms with van der Waals surface area (Å²) in [5.74, 6) is -0.317. The van der Waals surface area contributed by atoms with Gasteiger partial charge in [0.1, 0.15) is 0 Å². The Bertz CT molecular complexity index is 227. The van der Waals surface area contributed by atoms with Crippen molar-refractivity contribution in [2.45, 2.75) is 47.8 Å². The topological polar surface area (TPSA) is 26.3 Å². The summed E-state index contributed by atoms with van der Waals surface area (Å²) < 4.78 is 5.13. The van der Waals surface area contributed by atoms with Crippen molar-refractivity contribution in [2.24, 2.45) is 0 Å². The summed E-state index contributed by atoms with van der Waals surface area (Å²) in [7, 11) is 1.12. The number of rotatable bonds is 10. The second-order valence-electron chi connectivity index (χ2n) is 4.31. The van der Waals surface area contributed by atoms with Crippen LogP contribution in [0.4, 0.5) is 0 Å². The van der Waals surface area contributed by atoms with E-state index in [1.165, 1.54) is 38.2 Å². The number of unbranched alkanes of at least 4 members (excludes halogenated alkanes) is 5. The smallest absolute Gasteiger partial charge is 0.330 e. The number of hydrogen-bond donors (Lipinski definition) is 0. The molecule has 100 valence electrons. The van der Waals surface area contributed by atoms with Gasteiger partial charge in [0, 0.05) is 16.3 Å². The number of alkyl halides is 2. The highest BCUT2D eigenvalue weighted by Gasteiger charge is 2.13. The van der Waals surface area contributed by atoms with E-state index in [0.29, 0.717) is 6.61 Å². The van der Waals surface area contributed by atoms with Crippen LogP contribution in [0.3, 0.4) is 0 Å². The van der Waals surface area contributed by atoms with Crippen LogP contribution in [0.15, 0.2) is 12.7 Å². The van der Waals surface area contributed by atoms with Gasteiger partial charge >= 0.3 is 5.97 Å². The molecule has 5 heteroatoms. The highest BCUT2D eigenvalue weighted by atomic mass is 79.9. The summed E-state index contributed by atoms with van der Waals surface area (Å²) in [6, 6.07) is 0. The Kier molecular flexibility index (Phi) is 10.6. The third-order valence-corrected chi connectivity index (χ3v) is 3.71. The van der Waals surface area contributed by atoms with Crippen molar-refractivity contribution in [1.82, 2.24) is 0 Å². The molecule has 0 aliphatic heterocycles. The van der Waals surface area contributed by atoms with Gasteiger partial charge in [-0.2, -0.15) is 0 Å². The van der Waals surface area contributed by atoms with Crippen molar-refractivity contribution in [1.29, 1.82) is 0 Å². The lowest BCUT2D eigenvalue weighted by molar-refractivity contribution is -0.137. The third kappa shape index (κ3) is 14.3. The summed E-state index contributed by atoms with van der Waals surface area (Å²) >= 11 is 7.25. The summed E-state index contributed by atoms with van der Waals surface area (Å²) in [6.45, 7) is 3.87. The zero-order valence-electron chi connectivity index (χ0n) is 10.5. The van der Waals surface area contributed by atoms with Crippen LogP contribution in [-0.2, 0) is 9.53 Å². The predicted octanol–water partition coefficient (Wildman–Crippen LogP) is 3.26. The van der Waals surface area contributed by atoms with Gasteiger partial charge in [-0.05, 0) is 12.8 Å². The van der Waals surface area contributed by atoms with Crippen LogP contribution >= 0.6 is 31.9 Å². The van der Waals surface area contributed by atoms with Gasteiger partial charge in [-0.1, -0.05) is 70.5 Å². The van der Waals surface area contributed by atoms with Crippen LogP contribution in [0.5, 0.6) is 0 Å². The molecule has 0 aliphatic carbocycles. The first-order chi connectivity index (χ1) is 7.95. The van der Waals surface area contributed by atoms with Crippen molar-refractivity contribution in [3.63, 3.8) is 0 Å². The number of carbonyl (C=O) groups excluding carboxylic acids is 1. The first-order valence-electron chi connectivity index (χ1n) is 6.13. The summed E-state index contributed by atoms with van der Waals surface area (Å²) in [6.07, 6.45) is 9.56. The molecule has 17 heavy (non-hydrogen) atoms. The maximum Gasteiger partial charge on any atom is 0.330 e. The van der Waals surface area contributed by atoms with Crippen molar-refractivity contribution in [3.05, 3.63) is 12.7 Å². The molecular weight excluding hydrogens is 364 g/mol. The quantitative estimate of drug-likeness (QED) is 0.190. The van der Waals surface area contributed by atoms with Gasteiger partial charge in [0.15, 0.2) is 0 Å². The number of ether oxygens (including phenoxy) is 1. The van der Waals surface area contributed by atoms with Crippen molar-refractivity contribution in [2.75, 3.05) is 6.61 Å². The average Bonchev–Trinajstić information content (AvgIpc) is 2.25. The van der Waals surface area contributed by atoms with Crippen LogP contribution in [0.25, 0.3) is 0 Å². The minimum absolute atomic E-state index is 0.235. The fourth-order valence-corrected chi connectivity index (χ4v) is 2.39. The molecule has 0 saturated heterocycles.